The Morgan fingerprint density at radius 2 is 1.92 bits per heavy atom. The van der Waals surface area contributed by atoms with Crippen molar-refractivity contribution in [1.29, 1.82) is 0 Å². The van der Waals surface area contributed by atoms with E-state index >= 15 is 0 Å². The lowest BCUT2D eigenvalue weighted by atomic mass is 10.2. The van der Waals surface area contributed by atoms with Crippen LogP contribution in [0, 0.1) is 13.8 Å². The van der Waals surface area contributed by atoms with Crippen LogP contribution in [0.3, 0.4) is 0 Å². The molecule has 6 heteroatoms. The Morgan fingerprint density at radius 3 is 2.48 bits per heavy atom. The Morgan fingerprint density at radius 1 is 1.24 bits per heavy atom. The third-order valence-corrected chi connectivity index (χ3v) is 4.17. The molecule has 138 valence electrons. The fraction of sp³-hybridized carbons (Fsp3) is 0.526. The van der Waals surface area contributed by atoms with Crippen molar-refractivity contribution in [1.82, 2.24) is 14.7 Å². The number of hydrogen-bond donors (Lipinski definition) is 2. The van der Waals surface area contributed by atoms with Gasteiger partial charge in [-0.3, -0.25) is 4.68 Å². The topological polar surface area (TPSA) is 62.6 Å². The Labute approximate surface area is 150 Å². The van der Waals surface area contributed by atoms with Gasteiger partial charge in [-0.1, -0.05) is 0 Å². The van der Waals surface area contributed by atoms with Crippen LogP contribution in [0.4, 0.5) is 5.69 Å². The molecule has 1 atom stereocenters. The van der Waals surface area contributed by atoms with E-state index in [1.807, 2.05) is 54.9 Å². The van der Waals surface area contributed by atoms with Crippen molar-refractivity contribution < 1.29 is 9.84 Å². The molecule has 1 unspecified atom stereocenters. The number of benzene rings is 1. The highest BCUT2D eigenvalue weighted by Crippen LogP contribution is 2.19. The molecule has 0 amide bonds. The number of rotatable bonds is 9. The van der Waals surface area contributed by atoms with E-state index in [1.165, 1.54) is 11.3 Å². The van der Waals surface area contributed by atoms with Crippen LogP contribution < -0.4 is 10.1 Å². The molecule has 2 N–H and O–H groups in total. The van der Waals surface area contributed by atoms with Gasteiger partial charge in [0.1, 0.15) is 18.5 Å². The summed E-state index contributed by atoms with van der Waals surface area (Å²) < 4.78 is 7.65. The fourth-order valence-corrected chi connectivity index (χ4v) is 2.82. The number of aryl methyl sites for hydroxylation is 2. The lowest BCUT2D eigenvalue weighted by molar-refractivity contribution is 0.0831. The molecule has 0 radical (unpaired) electrons. The minimum absolute atomic E-state index is 0.291. The van der Waals surface area contributed by atoms with Gasteiger partial charge in [0.05, 0.1) is 5.69 Å². The lowest BCUT2D eigenvalue weighted by Gasteiger charge is -2.16. The number of hydrogen-bond acceptors (Lipinski definition) is 5. The summed E-state index contributed by atoms with van der Waals surface area (Å²) in [6.07, 6.45) is -0.492. The molecular weight excluding hydrogens is 316 g/mol. The maximum Gasteiger partial charge on any atom is 0.119 e. The molecule has 6 nitrogen and oxygen atoms in total. The van der Waals surface area contributed by atoms with Crippen LogP contribution >= 0.6 is 0 Å². The van der Waals surface area contributed by atoms with E-state index in [4.69, 9.17) is 4.74 Å². The monoisotopic (exact) mass is 346 g/mol. The number of aliphatic hydroxyl groups excluding tert-OH is 1. The van der Waals surface area contributed by atoms with E-state index < -0.39 is 6.10 Å². The highest BCUT2D eigenvalue weighted by atomic mass is 16.5. The van der Waals surface area contributed by atoms with Gasteiger partial charge >= 0.3 is 0 Å². The summed E-state index contributed by atoms with van der Waals surface area (Å²) in [5, 5.41) is 17.8. The van der Waals surface area contributed by atoms with E-state index in [0.717, 1.165) is 30.2 Å². The third-order valence-electron chi connectivity index (χ3n) is 4.17. The molecule has 0 saturated carbocycles. The van der Waals surface area contributed by atoms with E-state index in [1.54, 1.807) is 0 Å². The summed E-state index contributed by atoms with van der Waals surface area (Å²) in [6.45, 7) is 8.77. The third kappa shape index (κ3) is 5.47. The largest absolute Gasteiger partial charge is 0.491 e. The zero-order chi connectivity index (χ0) is 18.4. The minimum atomic E-state index is -0.492. The van der Waals surface area contributed by atoms with Crippen LogP contribution in [-0.4, -0.2) is 53.1 Å². The highest BCUT2D eigenvalue weighted by Gasteiger charge is 2.10. The van der Waals surface area contributed by atoms with Crippen molar-refractivity contribution in [3.8, 4) is 5.75 Å². The van der Waals surface area contributed by atoms with Gasteiger partial charge in [0, 0.05) is 36.6 Å². The second kappa shape index (κ2) is 8.87. The maximum absolute atomic E-state index is 9.83. The highest BCUT2D eigenvalue weighted by molar-refractivity contribution is 5.47. The molecule has 25 heavy (non-hydrogen) atoms. The fourth-order valence-electron chi connectivity index (χ4n) is 2.82. The van der Waals surface area contributed by atoms with Gasteiger partial charge in [0.25, 0.3) is 0 Å². The first-order valence-electron chi connectivity index (χ1n) is 8.73. The summed E-state index contributed by atoms with van der Waals surface area (Å²) in [5.74, 6) is 0.759. The Hall–Kier alpha value is -2.05. The maximum atomic E-state index is 9.83. The Balaban J connectivity index is 1.87. The molecule has 0 aliphatic carbocycles. The van der Waals surface area contributed by atoms with Crippen LogP contribution in [0.1, 0.15) is 23.9 Å². The van der Waals surface area contributed by atoms with Crippen LogP contribution in [0.2, 0.25) is 0 Å². The SMILES string of the molecule is CCn1nc(C)c(CNc2ccc(OCC(O)CN(C)C)cc2)c1C. The van der Waals surface area contributed by atoms with Gasteiger partial charge < -0.3 is 20.1 Å². The first-order chi connectivity index (χ1) is 11.9. The van der Waals surface area contributed by atoms with Crippen LogP contribution in [0.25, 0.3) is 0 Å². The number of anilines is 1. The lowest BCUT2D eigenvalue weighted by Crippen LogP contribution is -2.30. The standard InChI is InChI=1S/C19H30N4O2/c1-6-23-15(3)19(14(2)21-23)11-20-16-7-9-18(10-8-16)25-13-17(24)12-22(4)5/h7-10,17,20,24H,6,11-13H2,1-5H3. The molecule has 0 saturated heterocycles. The van der Waals surface area contributed by atoms with Gasteiger partial charge in [-0.2, -0.15) is 5.10 Å². The van der Waals surface area contributed by atoms with Gasteiger partial charge in [-0.25, -0.2) is 0 Å². The van der Waals surface area contributed by atoms with E-state index in [-0.39, 0.29) is 0 Å². The predicted octanol–water partition coefficient (Wildman–Crippen LogP) is 2.43. The molecule has 2 rings (SSSR count). The first-order valence-corrected chi connectivity index (χ1v) is 8.73. The van der Waals surface area contributed by atoms with Crippen molar-refractivity contribution in [3.63, 3.8) is 0 Å². The van der Waals surface area contributed by atoms with Gasteiger partial charge in [0.2, 0.25) is 0 Å². The first kappa shape index (κ1) is 19.3. The predicted molar refractivity (Wildman–Crippen MR) is 101 cm³/mol. The summed E-state index contributed by atoms with van der Waals surface area (Å²) in [7, 11) is 3.86. The van der Waals surface area contributed by atoms with E-state index in [0.29, 0.717) is 13.2 Å². The second-order valence-corrected chi connectivity index (χ2v) is 6.57. The number of aliphatic hydroxyl groups is 1. The van der Waals surface area contributed by atoms with Crippen molar-refractivity contribution >= 4 is 5.69 Å². The summed E-state index contributed by atoms with van der Waals surface area (Å²) in [5.41, 5.74) is 4.56. The average Bonchev–Trinajstić information content (AvgIpc) is 2.85. The zero-order valence-electron chi connectivity index (χ0n) is 15.9. The number of ether oxygens (including phenoxy) is 1. The second-order valence-electron chi connectivity index (χ2n) is 6.57. The Bertz CT molecular complexity index is 665. The van der Waals surface area contributed by atoms with Gasteiger partial charge in [-0.15, -0.1) is 0 Å². The molecule has 2 aromatic rings. The number of aromatic nitrogens is 2. The Kier molecular flexibility index (Phi) is 6.84. The zero-order valence-corrected chi connectivity index (χ0v) is 15.9. The molecular formula is C19H30N4O2. The molecule has 0 aliphatic heterocycles. The summed E-state index contributed by atoms with van der Waals surface area (Å²) >= 11 is 0. The molecule has 1 aromatic carbocycles. The van der Waals surface area contributed by atoms with Crippen molar-refractivity contribution in [2.45, 2.75) is 40.0 Å². The van der Waals surface area contributed by atoms with E-state index in [2.05, 4.69) is 24.3 Å². The molecule has 0 bridgehead atoms. The molecule has 0 aliphatic rings. The van der Waals surface area contributed by atoms with Crippen molar-refractivity contribution in [3.05, 3.63) is 41.2 Å². The van der Waals surface area contributed by atoms with Crippen LogP contribution in [-0.2, 0) is 13.1 Å². The number of nitrogens with one attached hydrogen (secondary N) is 1. The summed E-state index contributed by atoms with van der Waals surface area (Å²) in [4.78, 5) is 1.94. The number of nitrogens with zero attached hydrogens (tertiary/aromatic N) is 3. The van der Waals surface area contributed by atoms with Gasteiger partial charge in [0.15, 0.2) is 0 Å². The average molecular weight is 346 g/mol. The van der Waals surface area contributed by atoms with Crippen molar-refractivity contribution in [2.75, 3.05) is 32.6 Å². The number of likely N-dealkylation sites (N-methyl/N-ethyl adjacent to an activating group) is 1. The van der Waals surface area contributed by atoms with Crippen LogP contribution in [0.15, 0.2) is 24.3 Å². The van der Waals surface area contributed by atoms with Crippen molar-refractivity contribution in [2.24, 2.45) is 0 Å². The quantitative estimate of drug-likeness (QED) is 0.730. The summed E-state index contributed by atoms with van der Waals surface area (Å²) in [6, 6.07) is 7.81. The van der Waals surface area contributed by atoms with Crippen LogP contribution in [0.5, 0.6) is 5.75 Å². The molecule has 1 aromatic heterocycles. The smallest absolute Gasteiger partial charge is 0.119 e. The molecule has 0 fully saturated rings. The normalized spacial score (nSPS) is 12.4. The molecule has 0 spiro atoms. The van der Waals surface area contributed by atoms with Gasteiger partial charge in [-0.05, 0) is 59.1 Å². The minimum Gasteiger partial charge on any atom is -0.491 e. The van der Waals surface area contributed by atoms with E-state index in [9.17, 15) is 5.11 Å². The molecule has 1 heterocycles.